The van der Waals surface area contributed by atoms with E-state index in [9.17, 15) is 0 Å². The Balaban J connectivity index is 2.44. The Morgan fingerprint density at radius 2 is 2.12 bits per heavy atom. The molecule has 1 aliphatic rings. The third-order valence-corrected chi connectivity index (χ3v) is 3.46. The predicted octanol–water partition coefficient (Wildman–Crippen LogP) is 2.94. The largest absolute Gasteiger partial charge is 0.495 e. The zero-order chi connectivity index (χ0) is 12.4. The first kappa shape index (κ1) is 12.5. The third kappa shape index (κ3) is 2.48. The Labute approximate surface area is 110 Å². The molecule has 1 aliphatic heterocycles. The molecular weight excluding hydrogens is 282 g/mol. The zero-order valence-electron chi connectivity index (χ0n) is 10.3. The van der Waals surface area contributed by atoms with Crippen molar-refractivity contribution < 1.29 is 9.47 Å². The number of ether oxygens (including phenoxy) is 2. The Morgan fingerprint density at radius 3 is 2.76 bits per heavy atom. The van der Waals surface area contributed by atoms with Crippen molar-refractivity contribution in [2.75, 3.05) is 39.3 Å². The summed E-state index contributed by atoms with van der Waals surface area (Å²) in [5.41, 5.74) is 3.66. The second kappa shape index (κ2) is 5.10. The van der Waals surface area contributed by atoms with E-state index in [1.54, 1.807) is 14.2 Å². The molecule has 2 rings (SSSR count). The van der Waals surface area contributed by atoms with Crippen molar-refractivity contribution in [2.24, 2.45) is 0 Å². The average Bonchev–Trinajstić information content (AvgIpc) is 2.28. The molecule has 0 atom stereocenters. The first-order chi connectivity index (χ1) is 8.15. The summed E-state index contributed by atoms with van der Waals surface area (Å²) in [5, 5.41) is 0. The van der Waals surface area contributed by atoms with E-state index in [4.69, 9.17) is 9.47 Å². The molecule has 3 nitrogen and oxygen atoms in total. The zero-order valence-corrected chi connectivity index (χ0v) is 11.9. The topological polar surface area (TPSA) is 21.7 Å². The Bertz CT molecular complexity index is 457. The Morgan fingerprint density at radius 1 is 1.35 bits per heavy atom. The number of methoxy groups -OCH3 is 2. The molecule has 0 radical (unpaired) electrons. The lowest BCUT2D eigenvalue weighted by Gasteiger charge is -2.28. The molecule has 1 aromatic rings. The highest BCUT2D eigenvalue weighted by atomic mass is 79.9. The van der Waals surface area contributed by atoms with Gasteiger partial charge in [0, 0.05) is 32.5 Å². The standard InChI is InChI=1S/C13H16BrNO2/c1-15-7-9(8-16-2)4-10-5-11(14)13(17-3)6-12(10)15/h4-6H,7-8H2,1-3H3. The van der Waals surface area contributed by atoms with Gasteiger partial charge in [0.1, 0.15) is 5.75 Å². The highest BCUT2D eigenvalue weighted by Gasteiger charge is 2.17. The van der Waals surface area contributed by atoms with Crippen LogP contribution in [-0.4, -0.2) is 34.4 Å². The summed E-state index contributed by atoms with van der Waals surface area (Å²) in [6.45, 7) is 1.57. The molecule has 0 spiro atoms. The van der Waals surface area contributed by atoms with Gasteiger partial charge in [-0.05, 0) is 39.2 Å². The quantitative estimate of drug-likeness (QED) is 0.856. The summed E-state index contributed by atoms with van der Waals surface area (Å²) in [6.07, 6.45) is 2.18. The Kier molecular flexibility index (Phi) is 3.74. The number of nitrogens with zero attached hydrogens (tertiary/aromatic N) is 1. The number of hydrogen-bond acceptors (Lipinski definition) is 3. The molecule has 0 N–H and O–H groups in total. The molecule has 17 heavy (non-hydrogen) atoms. The molecule has 0 fully saturated rings. The molecule has 1 heterocycles. The number of benzene rings is 1. The van der Waals surface area contributed by atoms with Crippen molar-refractivity contribution in [3.05, 3.63) is 27.7 Å². The maximum absolute atomic E-state index is 5.31. The molecule has 0 aliphatic carbocycles. The monoisotopic (exact) mass is 297 g/mol. The fraction of sp³-hybridized carbons (Fsp3) is 0.385. The summed E-state index contributed by atoms with van der Waals surface area (Å²) in [7, 11) is 5.48. The summed E-state index contributed by atoms with van der Waals surface area (Å²) < 4.78 is 11.5. The van der Waals surface area contributed by atoms with Crippen LogP contribution in [0, 0.1) is 0 Å². The highest BCUT2D eigenvalue weighted by Crippen LogP contribution is 2.36. The molecular formula is C13H16BrNO2. The lowest BCUT2D eigenvalue weighted by atomic mass is 10.0. The van der Waals surface area contributed by atoms with E-state index in [1.807, 2.05) is 0 Å². The molecule has 1 aromatic carbocycles. The van der Waals surface area contributed by atoms with Crippen LogP contribution in [0.25, 0.3) is 6.08 Å². The number of anilines is 1. The maximum Gasteiger partial charge on any atom is 0.135 e. The van der Waals surface area contributed by atoms with Gasteiger partial charge in [-0.1, -0.05) is 0 Å². The van der Waals surface area contributed by atoms with E-state index >= 15 is 0 Å². The van der Waals surface area contributed by atoms with Crippen LogP contribution in [-0.2, 0) is 4.74 Å². The molecule has 0 saturated carbocycles. The van der Waals surface area contributed by atoms with E-state index in [0.717, 1.165) is 16.8 Å². The van der Waals surface area contributed by atoms with Gasteiger partial charge >= 0.3 is 0 Å². The van der Waals surface area contributed by atoms with E-state index < -0.39 is 0 Å². The molecule has 0 aromatic heterocycles. The van der Waals surface area contributed by atoms with E-state index in [2.05, 4.69) is 46.1 Å². The fourth-order valence-corrected chi connectivity index (χ4v) is 2.61. The van der Waals surface area contributed by atoms with Gasteiger partial charge in [-0.2, -0.15) is 0 Å². The molecule has 92 valence electrons. The van der Waals surface area contributed by atoms with Crippen LogP contribution in [0.2, 0.25) is 0 Å². The first-order valence-electron chi connectivity index (χ1n) is 5.42. The van der Waals surface area contributed by atoms with Gasteiger partial charge in [-0.25, -0.2) is 0 Å². The number of halogens is 1. The molecule has 0 bridgehead atoms. The van der Waals surface area contributed by atoms with Crippen molar-refractivity contribution in [1.29, 1.82) is 0 Å². The second-order valence-corrected chi connectivity index (χ2v) is 4.99. The van der Waals surface area contributed by atoms with Crippen LogP contribution in [0.3, 0.4) is 0 Å². The van der Waals surface area contributed by atoms with Crippen molar-refractivity contribution in [2.45, 2.75) is 0 Å². The molecule has 0 unspecified atom stereocenters. The normalized spacial score (nSPS) is 14.4. The van der Waals surface area contributed by atoms with Crippen LogP contribution in [0.15, 0.2) is 22.2 Å². The molecule has 0 amide bonds. The van der Waals surface area contributed by atoms with Gasteiger partial charge in [-0.3, -0.25) is 0 Å². The summed E-state index contributed by atoms with van der Waals surface area (Å²) >= 11 is 3.51. The summed E-state index contributed by atoms with van der Waals surface area (Å²) in [6, 6.07) is 4.14. The summed E-state index contributed by atoms with van der Waals surface area (Å²) in [5.74, 6) is 0.860. The van der Waals surface area contributed by atoms with Gasteiger partial charge in [0.15, 0.2) is 0 Å². The number of likely N-dealkylation sites (N-methyl/N-ethyl adjacent to an activating group) is 1. The summed E-state index contributed by atoms with van der Waals surface area (Å²) in [4.78, 5) is 2.21. The van der Waals surface area contributed by atoms with Crippen LogP contribution in [0.4, 0.5) is 5.69 Å². The van der Waals surface area contributed by atoms with E-state index in [-0.39, 0.29) is 0 Å². The lowest BCUT2D eigenvalue weighted by Crippen LogP contribution is -2.25. The number of rotatable bonds is 3. The van der Waals surface area contributed by atoms with Gasteiger partial charge in [0.05, 0.1) is 18.2 Å². The van der Waals surface area contributed by atoms with Crippen LogP contribution in [0.1, 0.15) is 5.56 Å². The molecule has 4 heteroatoms. The van der Waals surface area contributed by atoms with Crippen LogP contribution < -0.4 is 9.64 Å². The van der Waals surface area contributed by atoms with Crippen molar-refractivity contribution in [1.82, 2.24) is 0 Å². The minimum atomic E-state index is 0.674. The van der Waals surface area contributed by atoms with E-state index in [0.29, 0.717) is 6.61 Å². The molecule has 0 saturated heterocycles. The van der Waals surface area contributed by atoms with Gasteiger partial charge in [0.2, 0.25) is 0 Å². The first-order valence-corrected chi connectivity index (χ1v) is 6.22. The second-order valence-electron chi connectivity index (χ2n) is 4.14. The minimum Gasteiger partial charge on any atom is -0.495 e. The average molecular weight is 298 g/mol. The lowest BCUT2D eigenvalue weighted by molar-refractivity contribution is 0.225. The Hall–Kier alpha value is -1.00. The van der Waals surface area contributed by atoms with Gasteiger partial charge in [-0.15, -0.1) is 0 Å². The third-order valence-electron chi connectivity index (χ3n) is 2.84. The van der Waals surface area contributed by atoms with E-state index in [1.165, 1.54) is 16.8 Å². The van der Waals surface area contributed by atoms with Crippen molar-refractivity contribution >= 4 is 27.7 Å². The maximum atomic E-state index is 5.31. The van der Waals surface area contributed by atoms with Gasteiger partial charge < -0.3 is 14.4 Å². The highest BCUT2D eigenvalue weighted by molar-refractivity contribution is 9.10. The smallest absolute Gasteiger partial charge is 0.135 e. The predicted molar refractivity (Wildman–Crippen MR) is 73.8 cm³/mol. The SMILES string of the molecule is COCC1=Cc2cc(Br)c(OC)cc2N(C)C1. The van der Waals surface area contributed by atoms with Gasteiger partial charge in [0.25, 0.3) is 0 Å². The fourth-order valence-electron chi connectivity index (χ4n) is 2.09. The van der Waals surface area contributed by atoms with Crippen LogP contribution in [0.5, 0.6) is 5.75 Å². The minimum absolute atomic E-state index is 0.674. The van der Waals surface area contributed by atoms with Crippen LogP contribution >= 0.6 is 15.9 Å². The van der Waals surface area contributed by atoms with Crippen molar-refractivity contribution in [3.8, 4) is 5.75 Å². The van der Waals surface area contributed by atoms with Crippen molar-refractivity contribution in [3.63, 3.8) is 0 Å². The number of fused-ring (bicyclic) bond motifs is 1. The number of hydrogen-bond donors (Lipinski definition) is 0.